The van der Waals surface area contributed by atoms with Crippen molar-refractivity contribution in [2.75, 3.05) is 24.6 Å². The van der Waals surface area contributed by atoms with E-state index in [-0.39, 0.29) is 12.2 Å². The van der Waals surface area contributed by atoms with Crippen molar-refractivity contribution in [3.8, 4) is 6.07 Å². The van der Waals surface area contributed by atoms with E-state index in [1.165, 1.54) is 12.4 Å². The van der Waals surface area contributed by atoms with E-state index in [0.29, 0.717) is 12.4 Å². The molecule has 0 saturated carbocycles. The van der Waals surface area contributed by atoms with Crippen LogP contribution in [0.1, 0.15) is 17.2 Å². The number of rotatable bonds is 3. The molecule has 0 radical (unpaired) electrons. The number of halogens is 1. The topological polar surface area (TPSA) is 73.0 Å². The van der Waals surface area contributed by atoms with Gasteiger partial charge >= 0.3 is 0 Å². The highest BCUT2D eigenvalue weighted by molar-refractivity contribution is 5.44. The minimum Gasteiger partial charge on any atom is -0.393 e. The van der Waals surface area contributed by atoms with Gasteiger partial charge in [0.2, 0.25) is 0 Å². The molecule has 112 valence electrons. The Morgan fingerprint density at radius 3 is 2.82 bits per heavy atom. The maximum atomic E-state index is 15.1. The van der Waals surface area contributed by atoms with Gasteiger partial charge in [0.25, 0.3) is 0 Å². The summed E-state index contributed by atoms with van der Waals surface area (Å²) in [6.07, 6.45) is 2.87. The first kappa shape index (κ1) is 14.4. The van der Waals surface area contributed by atoms with Gasteiger partial charge in [-0.1, -0.05) is 30.3 Å². The predicted molar refractivity (Wildman–Crippen MR) is 79.1 cm³/mol. The summed E-state index contributed by atoms with van der Waals surface area (Å²) < 4.78 is 15.1. The van der Waals surface area contributed by atoms with Crippen LogP contribution in [0.3, 0.4) is 0 Å². The summed E-state index contributed by atoms with van der Waals surface area (Å²) in [4.78, 5) is 9.84. The Balaban J connectivity index is 1.93. The third-order valence-corrected chi connectivity index (χ3v) is 4.01. The minimum atomic E-state index is -1.74. The second kappa shape index (κ2) is 5.70. The molecule has 5 nitrogen and oxygen atoms in total. The highest BCUT2D eigenvalue weighted by Crippen LogP contribution is 2.40. The lowest BCUT2D eigenvalue weighted by molar-refractivity contribution is 0.0751. The lowest BCUT2D eigenvalue weighted by atomic mass is 9.87. The largest absolute Gasteiger partial charge is 0.393 e. The lowest BCUT2D eigenvalue weighted by Crippen LogP contribution is -2.36. The Hall–Kier alpha value is -2.52. The lowest BCUT2D eigenvalue weighted by Gasteiger charge is -2.23. The van der Waals surface area contributed by atoms with E-state index in [9.17, 15) is 5.11 Å². The van der Waals surface area contributed by atoms with Crippen molar-refractivity contribution in [2.24, 2.45) is 0 Å². The van der Waals surface area contributed by atoms with Crippen LogP contribution in [0.25, 0.3) is 0 Å². The summed E-state index contributed by atoms with van der Waals surface area (Å²) in [5, 5.41) is 18.4. The predicted octanol–water partition coefficient (Wildman–Crippen LogP) is 1.65. The van der Waals surface area contributed by atoms with Crippen LogP contribution in [0.2, 0.25) is 0 Å². The van der Waals surface area contributed by atoms with Crippen LogP contribution in [-0.4, -0.2) is 40.4 Å². The molecule has 2 aromatic rings. The fourth-order valence-electron chi connectivity index (χ4n) is 2.86. The van der Waals surface area contributed by atoms with Crippen LogP contribution in [0.4, 0.5) is 10.2 Å². The molecule has 0 spiro atoms. The van der Waals surface area contributed by atoms with Gasteiger partial charge in [-0.15, -0.1) is 0 Å². The van der Waals surface area contributed by atoms with E-state index in [2.05, 4.69) is 9.97 Å². The standard InChI is InChI=1S/C16H15FN4O/c17-16(11-22)10-21(15-8-19-7-13(6-18)20-15)9-14(16)12-4-2-1-3-5-12/h1-5,7-8,14,22H,9-11H2/t14-,16+/m0/s1. The molecule has 1 aliphatic rings. The van der Waals surface area contributed by atoms with Crippen LogP contribution in [0, 0.1) is 11.3 Å². The molecular formula is C16H15FN4O. The second-order valence-electron chi connectivity index (χ2n) is 5.41. The van der Waals surface area contributed by atoms with Crippen LogP contribution in [-0.2, 0) is 0 Å². The van der Waals surface area contributed by atoms with Crippen molar-refractivity contribution in [3.05, 3.63) is 54.0 Å². The van der Waals surface area contributed by atoms with Crippen LogP contribution in [0.5, 0.6) is 0 Å². The molecule has 3 rings (SSSR count). The summed E-state index contributed by atoms with van der Waals surface area (Å²) in [6, 6.07) is 11.2. The van der Waals surface area contributed by atoms with Gasteiger partial charge in [0.05, 0.1) is 25.5 Å². The molecule has 2 heterocycles. The van der Waals surface area contributed by atoms with Gasteiger partial charge in [0, 0.05) is 12.5 Å². The number of benzene rings is 1. The number of aliphatic hydroxyl groups is 1. The molecule has 1 aromatic heterocycles. The number of alkyl halides is 1. The van der Waals surface area contributed by atoms with E-state index in [0.717, 1.165) is 5.56 Å². The summed E-state index contributed by atoms with van der Waals surface area (Å²) >= 11 is 0. The van der Waals surface area contributed by atoms with Crippen molar-refractivity contribution >= 4 is 5.82 Å². The van der Waals surface area contributed by atoms with Crippen molar-refractivity contribution in [2.45, 2.75) is 11.6 Å². The van der Waals surface area contributed by atoms with Crippen molar-refractivity contribution < 1.29 is 9.50 Å². The summed E-state index contributed by atoms with van der Waals surface area (Å²) in [5.41, 5.74) is -0.717. The maximum absolute atomic E-state index is 15.1. The summed E-state index contributed by atoms with van der Waals surface area (Å²) in [7, 11) is 0. The Morgan fingerprint density at radius 1 is 1.36 bits per heavy atom. The molecule has 0 aliphatic carbocycles. The van der Waals surface area contributed by atoms with Gasteiger partial charge < -0.3 is 10.0 Å². The average Bonchev–Trinajstić information content (AvgIpc) is 2.94. The third-order valence-electron chi connectivity index (χ3n) is 4.01. The first-order valence-electron chi connectivity index (χ1n) is 6.98. The molecular weight excluding hydrogens is 283 g/mol. The SMILES string of the molecule is N#Cc1cncc(N2C[C@@H](c3ccccc3)[C@](F)(CO)C2)n1. The Kier molecular flexibility index (Phi) is 3.73. The maximum Gasteiger partial charge on any atom is 0.161 e. The van der Waals surface area contributed by atoms with E-state index in [1.807, 2.05) is 36.4 Å². The quantitative estimate of drug-likeness (QED) is 0.933. The molecule has 1 saturated heterocycles. The van der Waals surface area contributed by atoms with Crippen LogP contribution < -0.4 is 4.90 Å². The number of aromatic nitrogens is 2. The molecule has 1 fully saturated rings. The van der Waals surface area contributed by atoms with Gasteiger partial charge in [0.15, 0.2) is 11.4 Å². The molecule has 1 N–H and O–H groups in total. The fraction of sp³-hybridized carbons (Fsp3) is 0.312. The number of aliphatic hydroxyl groups excluding tert-OH is 1. The zero-order valence-electron chi connectivity index (χ0n) is 11.9. The van der Waals surface area contributed by atoms with E-state index in [1.54, 1.807) is 4.90 Å². The Morgan fingerprint density at radius 2 is 2.14 bits per heavy atom. The Bertz CT molecular complexity index is 703. The van der Waals surface area contributed by atoms with E-state index < -0.39 is 18.2 Å². The highest BCUT2D eigenvalue weighted by atomic mass is 19.1. The van der Waals surface area contributed by atoms with E-state index >= 15 is 4.39 Å². The zero-order valence-corrected chi connectivity index (χ0v) is 11.9. The number of anilines is 1. The highest BCUT2D eigenvalue weighted by Gasteiger charge is 2.48. The number of hydrogen-bond acceptors (Lipinski definition) is 5. The first-order valence-corrected chi connectivity index (χ1v) is 6.98. The van der Waals surface area contributed by atoms with Gasteiger partial charge in [-0.25, -0.2) is 9.37 Å². The van der Waals surface area contributed by atoms with Crippen molar-refractivity contribution in [3.63, 3.8) is 0 Å². The summed E-state index contributed by atoms with van der Waals surface area (Å²) in [5.74, 6) is -0.000743. The molecule has 2 atom stereocenters. The number of nitrogens with zero attached hydrogens (tertiary/aromatic N) is 4. The zero-order chi connectivity index (χ0) is 15.6. The van der Waals surface area contributed by atoms with Gasteiger partial charge in [-0.2, -0.15) is 5.26 Å². The van der Waals surface area contributed by atoms with Gasteiger partial charge in [-0.05, 0) is 5.56 Å². The Labute approximate surface area is 127 Å². The molecule has 0 unspecified atom stereocenters. The monoisotopic (exact) mass is 298 g/mol. The minimum absolute atomic E-state index is 0.0205. The molecule has 0 bridgehead atoms. The molecule has 22 heavy (non-hydrogen) atoms. The molecule has 1 aromatic carbocycles. The summed E-state index contributed by atoms with van der Waals surface area (Å²) in [6.45, 7) is -0.161. The smallest absolute Gasteiger partial charge is 0.161 e. The molecule has 1 aliphatic heterocycles. The normalized spacial score (nSPS) is 24.2. The number of nitriles is 1. The van der Waals surface area contributed by atoms with Crippen LogP contribution >= 0.6 is 0 Å². The van der Waals surface area contributed by atoms with Crippen molar-refractivity contribution in [1.29, 1.82) is 5.26 Å². The molecule has 6 heteroatoms. The fourth-order valence-corrected chi connectivity index (χ4v) is 2.86. The first-order chi connectivity index (χ1) is 10.7. The van der Waals surface area contributed by atoms with E-state index in [4.69, 9.17) is 5.26 Å². The number of hydrogen-bond donors (Lipinski definition) is 1. The van der Waals surface area contributed by atoms with Crippen molar-refractivity contribution in [1.82, 2.24) is 9.97 Å². The van der Waals surface area contributed by atoms with Crippen LogP contribution in [0.15, 0.2) is 42.7 Å². The average molecular weight is 298 g/mol. The van der Waals surface area contributed by atoms with Gasteiger partial charge in [-0.3, -0.25) is 4.98 Å². The molecule has 0 amide bonds. The third kappa shape index (κ3) is 2.51. The van der Waals surface area contributed by atoms with Gasteiger partial charge in [0.1, 0.15) is 11.9 Å². The second-order valence-corrected chi connectivity index (χ2v) is 5.41.